The summed E-state index contributed by atoms with van der Waals surface area (Å²) in [6, 6.07) is 14.5. The van der Waals surface area contributed by atoms with Crippen molar-refractivity contribution in [1.82, 2.24) is 4.98 Å². The van der Waals surface area contributed by atoms with Gasteiger partial charge in [0.15, 0.2) is 0 Å². The summed E-state index contributed by atoms with van der Waals surface area (Å²) >= 11 is 0. The van der Waals surface area contributed by atoms with Crippen LogP contribution in [0.5, 0.6) is 11.5 Å². The first kappa shape index (κ1) is 14.8. The van der Waals surface area contributed by atoms with E-state index in [4.69, 9.17) is 0 Å². The summed E-state index contributed by atoms with van der Waals surface area (Å²) in [4.78, 5) is 4.54. The van der Waals surface area contributed by atoms with Crippen molar-refractivity contribution in [1.29, 1.82) is 0 Å². The summed E-state index contributed by atoms with van der Waals surface area (Å²) < 4.78 is 0. The first-order chi connectivity index (χ1) is 11.1. The first-order valence-electron chi connectivity index (χ1n) is 7.17. The van der Waals surface area contributed by atoms with Gasteiger partial charge in [0.25, 0.3) is 0 Å². The molecule has 0 radical (unpaired) electrons. The van der Waals surface area contributed by atoms with E-state index >= 15 is 0 Å². The van der Waals surface area contributed by atoms with Gasteiger partial charge in [-0.1, -0.05) is 29.4 Å². The lowest BCUT2D eigenvalue weighted by molar-refractivity contribution is 0.318. The number of pyridine rings is 1. The fourth-order valence-corrected chi connectivity index (χ4v) is 2.49. The van der Waals surface area contributed by atoms with Gasteiger partial charge in [0.2, 0.25) is 0 Å². The monoisotopic (exact) mass is 308 g/mol. The second-order valence-corrected chi connectivity index (χ2v) is 5.32. The SMILES string of the molecule is Cc1c(O)ccc(/C(Cc2ccc3ccccc3n2)=N/O)c1O. The normalized spacial score (nSPS) is 11.8. The van der Waals surface area contributed by atoms with Crippen LogP contribution in [0.3, 0.4) is 0 Å². The summed E-state index contributed by atoms with van der Waals surface area (Å²) in [5, 5.41) is 33.4. The number of phenols is 2. The number of rotatable bonds is 3. The molecular weight excluding hydrogens is 292 g/mol. The zero-order chi connectivity index (χ0) is 16.4. The van der Waals surface area contributed by atoms with Crippen molar-refractivity contribution >= 4 is 16.6 Å². The molecule has 0 aliphatic heterocycles. The first-order valence-corrected chi connectivity index (χ1v) is 7.17. The lowest BCUT2D eigenvalue weighted by Gasteiger charge is -2.10. The molecule has 0 amide bonds. The van der Waals surface area contributed by atoms with E-state index in [0.29, 0.717) is 11.1 Å². The smallest absolute Gasteiger partial charge is 0.131 e. The largest absolute Gasteiger partial charge is 0.508 e. The lowest BCUT2D eigenvalue weighted by atomic mass is 10.0. The highest BCUT2D eigenvalue weighted by molar-refractivity contribution is 6.04. The number of benzene rings is 2. The van der Waals surface area contributed by atoms with Gasteiger partial charge < -0.3 is 15.4 Å². The number of aromatic hydroxyl groups is 2. The molecule has 23 heavy (non-hydrogen) atoms. The second-order valence-electron chi connectivity index (χ2n) is 5.32. The minimum absolute atomic E-state index is 0.00706. The van der Waals surface area contributed by atoms with E-state index in [9.17, 15) is 15.4 Å². The van der Waals surface area contributed by atoms with E-state index in [1.54, 1.807) is 6.92 Å². The second kappa shape index (κ2) is 5.96. The number of nitrogens with zero attached hydrogens (tertiary/aromatic N) is 2. The quantitative estimate of drug-likeness (QED) is 0.393. The minimum Gasteiger partial charge on any atom is -0.508 e. The predicted molar refractivity (Wildman–Crippen MR) is 88.3 cm³/mol. The maximum atomic E-state index is 10.2. The van der Waals surface area contributed by atoms with Gasteiger partial charge in [0.1, 0.15) is 11.5 Å². The molecule has 0 fully saturated rings. The van der Waals surface area contributed by atoms with Gasteiger partial charge in [0.05, 0.1) is 11.2 Å². The third kappa shape index (κ3) is 2.81. The van der Waals surface area contributed by atoms with Crippen molar-refractivity contribution in [2.24, 2.45) is 5.16 Å². The molecule has 5 heteroatoms. The summed E-state index contributed by atoms with van der Waals surface area (Å²) in [7, 11) is 0. The molecule has 2 aromatic carbocycles. The summed E-state index contributed by atoms with van der Waals surface area (Å²) in [6.45, 7) is 1.59. The van der Waals surface area contributed by atoms with E-state index in [-0.39, 0.29) is 23.6 Å². The highest BCUT2D eigenvalue weighted by atomic mass is 16.4. The molecule has 1 heterocycles. The van der Waals surface area contributed by atoms with E-state index in [1.165, 1.54) is 12.1 Å². The maximum absolute atomic E-state index is 10.2. The van der Waals surface area contributed by atoms with E-state index in [0.717, 1.165) is 16.6 Å². The average Bonchev–Trinajstić information content (AvgIpc) is 2.58. The molecule has 0 saturated carbocycles. The fraction of sp³-hybridized carbons (Fsp3) is 0.111. The number of oxime groups is 1. The Labute approximate surface area is 133 Å². The van der Waals surface area contributed by atoms with Crippen LogP contribution in [-0.2, 0) is 6.42 Å². The molecule has 0 aliphatic carbocycles. The predicted octanol–water partition coefficient (Wildman–Crippen LogP) is 3.38. The number of para-hydroxylation sites is 1. The summed E-state index contributed by atoms with van der Waals surface area (Å²) in [5.74, 6) is -0.106. The maximum Gasteiger partial charge on any atom is 0.131 e. The third-order valence-corrected chi connectivity index (χ3v) is 3.84. The molecule has 0 unspecified atom stereocenters. The van der Waals surface area contributed by atoms with Gasteiger partial charge in [0, 0.05) is 28.6 Å². The number of hydrogen-bond acceptors (Lipinski definition) is 5. The standard InChI is InChI=1S/C18H16N2O3/c1-11-17(21)9-8-14(18(11)22)16(20-23)10-13-7-6-12-4-2-3-5-15(12)19-13/h2-9,21-23H,10H2,1H3/b20-16+. The molecular formula is C18H16N2O3. The fourth-order valence-electron chi connectivity index (χ4n) is 2.49. The van der Waals surface area contributed by atoms with Crippen LogP contribution in [0, 0.1) is 6.92 Å². The van der Waals surface area contributed by atoms with Crippen LogP contribution < -0.4 is 0 Å². The van der Waals surface area contributed by atoms with E-state index in [2.05, 4.69) is 10.1 Å². The highest BCUT2D eigenvalue weighted by Crippen LogP contribution is 2.30. The minimum atomic E-state index is -0.0985. The van der Waals surface area contributed by atoms with Gasteiger partial charge in [-0.15, -0.1) is 0 Å². The number of hydrogen-bond donors (Lipinski definition) is 3. The molecule has 3 rings (SSSR count). The number of fused-ring (bicyclic) bond motifs is 1. The van der Waals surface area contributed by atoms with Crippen LogP contribution in [0.1, 0.15) is 16.8 Å². The molecule has 0 spiro atoms. The Bertz CT molecular complexity index is 904. The zero-order valence-electron chi connectivity index (χ0n) is 12.6. The molecule has 5 nitrogen and oxygen atoms in total. The van der Waals surface area contributed by atoms with Crippen molar-refractivity contribution in [3.05, 3.63) is 65.4 Å². The average molecular weight is 308 g/mol. The van der Waals surface area contributed by atoms with Gasteiger partial charge in [-0.05, 0) is 31.2 Å². The van der Waals surface area contributed by atoms with Crippen molar-refractivity contribution in [3.8, 4) is 11.5 Å². The summed E-state index contributed by atoms with van der Waals surface area (Å²) in [6.07, 6.45) is 0.263. The Morgan fingerprint density at radius 3 is 2.61 bits per heavy atom. The molecule has 1 aromatic heterocycles. The summed E-state index contributed by atoms with van der Waals surface area (Å²) in [5.41, 5.74) is 2.58. The van der Waals surface area contributed by atoms with Gasteiger partial charge in [-0.3, -0.25) is 4.98 Å². The van der Waals surface area contributed by atoms with Crippen molar-refractivity contribution in [2.45, 2.75) is 13.3 Å². The molecule has 3 N–H and O–H groups in total. The molecule has 3 aromatic rings. The third-order valence-electron chi connectivity index (χ3n) is 3.84. The van der Waals surface area contributed by atoms with Crippen LogP contribution in [0.4, 0.5) is 0 Å². The molecule has 116 valence electrons. The van der Waals surface area contributed by atoms with Gasteiger partial charge in [-0.25, -0.2) is 0 Å². The van der Waals surface area contributed by atoms with E-state index < -0.39 is 0 Å². The van der Waals surface area contributed by atoms with E-state index in [1.807, 2.05) is 36.4 Å². The highest BCUT2D eigenvalue weighted by Gasteiger charge is 2.15. The van der Waals surface area contributed by atoms with Crippen LogP contribution >= 0.6 is 0 Å². The van der Waals surface area contributed by atoms with Crippen LogP contribution in [0.25, 0.3) is 10.9 Å². The molecule has 0 saturated heterocycles. The Kier molecular flexibility index (Phi) is 3.85. The molecule has 0 atom stereocenters. The molecule has 0 aliphatic rings. The number of aromatic nitrogens is 1. The van der Waals surface area contributed by atoms with Crippen molar-refractivity contribution in [3.63, 3.8) is 0 Å². The van der Waals surface area contributed by atoms with Crippen molar-refractivity contribution < 1.29 is 15.4 Å². The van der Waals surface area contributed by atoms with Crippen LogP contribution in [0.2, 0.25) is 0 Å². The van der Waals surface area contributed by atoms with Crippen LogP contribution in [-0.4, -0.2) is 26.1 Å². The van der Waals surface area contributed by atoms with Gasteiger partial charge in [-0.2, -0.15) is 0 Å². The Morgan fingerprint density at radius 2 is 1.83 bits per heavy atom. The lowest BCUT2D eigenvalue weighted by Crippen LogP contribution is -2.08. The number of phenolic OH excluding ortho intramolecular Hbond substituents is 2. The van der Waals surface area contributed by atoms with Crippen LogP contribution in [0.15, 0.2) is 53.7 Å². The van der Waals surface area contributed by atoms with Crippen molar-refractivity contribution in [2.75, 3.05) is 0 Å². The topological polar surface area (TPSA) is 85.9 Å². The Balaban J connectivity index is 1.97. The Morgan fingerprint density at radius 1 is 1.04 bits per heavy atom. The zero-order valence-corrected chi connectivity index (χ0v) is 12.6. The molecule has 0 bridgehead atoms. The van der Waals surface area contributed by atoms with Gasteiger partial charge >= 0.3 is 0 Å². The Hall–Kier alpha value is -3.08.